The molecule has 0 aromatic heterocycles. The normalized spacial score (nSPS) is 22.5. The lowest BCUT2D eigenvalue weighted by Crippen LogP contribution is -2.56. The van der Waals surface area contributed by atoms with E-state index in [0.717, 1.165) is 38.6 Å². The van der Waals surface area contributed by atoms with Crippen LogP contribution >= 0.6 is 0 Å². The standard InChI is InChI=1S/C13H27N3O2S/c1-3-13(8-4-9-13)15-19(17,18)16(2)11-5-10-14-12-6-7-12/h12,14-15H,3-11H2,1-2H3. The summed E-state index contributed by atoms with van der Waals surface area (Å²) in [5, 5.41) is 3.40. The van der Waals surface area contributed by atoms with E-state index in [2.05, 4.69) is 17.0 Å². The number of rotatable bonds is 9. The Morgan fingerprint density at radius 2 is 2.00 bits per heavy atom. The zero-order chi connectivity index (χ0) is 13.9. The van der Waals surface area contributed by atoms with Crippen LogP contribution in [0.15, 0.2) is 0 Å². The third-order valence-electron chi connectivity index (χ3n) is 4.40. The van der Waals surface area contributed by atoms with Gasteiger partial charge in [0.2, 0.25) is 0 Å². The molecule has 0 radical (unpaired) electrons. The molecule has 6 heteroatoms. The summed E-state index contributed by atoms with van der Waals surface area (Å²) in [4.78, 5) is 0. The van der Waals surface area contributed by atoms with Crippen molar-refractivity contribution < 1.29 is 8.42 Å². The minimum atomic E-state index is -3.32. The Labute approximate surface area is 117 Å². The van der Waals surface area contributed by atoms with Gasteiger partial charge in [-0.15, -0.1) is 0 Å². The van der Waals surface area contributed by atoms with E-state index in [0.29, 0.717) is 12.6 Å². The summed E-state index contributed by atoms with van der Waals surface area (Å²) in [7, 11) is -1.65. The summed E-state index contributed by atoms with van der Waals surface area (Å²) in [6.07, 6.45) is 7.37. The highest BCUT2D eigenvalue weighted by Gasteiger charge is 2.39. The van der Waals surface area contributed by atoms with Gasteiger partial charge in [0.25, 0.3) is 10.2 Å². The zero-order valence-electron chi connectivity index (χ0n) is 12.1. The molecule has 2 N–H and O–H groups in total. The largest absolute Gasteiger partial charge is 0.314 e. The molecule has 0 heterocycles. The summed E-state index contributed by atoms with van der Waals surface area (Å²) < 4.78 is 28.8. The minimum Gasteiger partial charge on any atom is -0.314 e. The van der Waals surface area contributed by atoms with E-state index in [9.17, 15) is 8.42 Å². The van der Waals surface area contributed by atoms with Crippen LogP contribution in [-0.2, 0) is 10.2 Å². The molecule has 2 aliphatic carbocycles. The molecular formula is C13H27N3O2S. The van der Waals surface area contributed by atoms with Crippen molar-refractivity contribution in [2.75, 3.05) is 20.1 Å². The third-order valence-corrected chi connectivity index (χ3v) is 6.10. The molecule has 0 atom stereocenters. The predicted molar refractivity (Wildman–Crippen MR) is 77.2 cm³/mol. The lowest BCUT2D eigenvalue weighted by atomic mass is 9.76. The van der Waals surface area contributed by atoms with Gasteiger partial charge in [-0.3, -0.25) is 0 Å². The van der Waals surface area contributed by atoms with Crippen LogP contribution in [0.4, 0.5) is 0 Å². The fourth-order valence-electron chi connectivity index (χ4n) is 2.50. The van der Waals surface area contributed by atoms with E-state index < -0.39 is 10.2 Å². The van der Waals surface area contributed by atoms with Crippen LogP contribution in [0.5, 0.6) is 0 Å². The first-order valence-electron chi connectivity index (χ1n) is 7.46. The molecule has 0 bridgehead atoms. The van der Waals surface area contributed by atoms with Gasteiger partial charge in [-0.05, 0) is 51.5 Å². The quantitative estimate of drug-likeness (QED) is 0.628. The van der Waals surface area contributed by atoms with Crippen molar-refractivity contribution >= 4 is 10.2 Å². The van der Waals surface area contributed by atoms with Gasteiger partial charge in [-0.25, -0.2) is 0 Å². The van der Waals surface area contributed by atoms with E-state index in [1.54, 1.807) is 7.05 Å². The van der Waals surface area contributed by atoms with Crippen LogP contribution in [0, 0.1) is 0 Å². The van der Waals surface area contributed by atoms with Crippen LogP contribution in [-0.4, -0.2) is 44.4 Å². The number of nitrogens with zero attached hydrogens (tertiary/aromatic N) is 1. The van der Waals surface area contributed by atoms with Crippen molar-refractivity contribution in [2.45, 2.75) is 63.5 Å². The number of hydrogen-bond acceptors (Lipinski definition) is 3. The van der Waals surface area contributed by atoms with Crippen molar-refractivity contribution in [1.29, 1.82) is 0 Å². The van der Waals surface area contributed by atoms with Gasteiger partial charge in [0.05, 0.1) is 0 Å². The monoisotopic (exact) mass is 289 g/mol. The molecule has 2 rings (SSSR count). The summed E-state index contributed by atoms with van der Waals surface area (Å²) in [5.41, 5.74) is -0.167. The molecule has 0 aromatic carbocycles. The van der Waals surface area contributed by atoms with E-state index in [1.807, 2.05) is 0 Å². The lowest BCUT2D eigenvalue weighted by Gasteiger charge is -2.42. The first kappa shape index (κ1) is 15.2. The van der Waals surface area contributed by atoms with Crippen LogP contribution in [0.3, 0.4) is 0 Å². The molecule has 2 fully saturated rings. The Kier molecular flexibility index (Phi) is 4.87. The van der Waals surface area contributed by atoms with Gasteiger partial charge in [-0.1, -0.05) is 6.92 Å². The van der Waals surface area contributed by atoms with Crippen LogP contribution in [0.2, 0.25) is 0 Å². The average molecular weight is 289 g/mol. The first-order valence-corrected chi connectivity index (χ1v) is 8.90. The highest BCUT2D eigenvalue weighted by molar-refractivity contribution is 7.87. The molecule has 2 saturated carbocycles. The highest BCUT2D eigenvalue weighted by Crippen LogP contribution is 2.35. The number of hydrogen-bond donors (Lipinski definition) is 2. The van der Waals surface area contributed by atoms with Gasteiger partial charge < -0.3 is 5.32 Å². The van der Waals surface area contributed by atoms with Crippen molar-refractivity contribution in [3.05, 3.63) is 0 Å². The summed E-state index contributed by atoms with van der Waals surface area (Å²) in [6.45, 7) is 3.54. The van der Waals surface area contributed by atoms with Crippen LogP contribution in [0.1, 0.15) is 51.9 Å². The molecule has 0 unspecified atom stereocenters. The molecule has 0 aliphatic heterocycles. The maximum Gasteiger partial charge on any atom is 0.279 e. The second kappa shape index (κ2) is 6.08. The highest BCUT2D eigenvalue weighted by atomic mass is 32.2. The molecule has 0 spiro atoms. The van der Waals surface area contributed by atoms with Gasteiger partial charge >= 0.3 is 0 Å². The second-order valence-electron chi connectivity index (χ2n) is 6.00. The van der Waals surface area contributed by atoms with Gasteiger partial charge in [-0.2, -0.15) is 17.4 Å². The molecular weight excluding hydrogens is 262 g/mol. The SMILES string of the molecule is CCC1(NS(=O)(=O)N(C)CCCNC2CC2)CCC1. The Balaban J connectivity index is 1.73. The van der Waals surface area contributed by atoms with Crippen molar-refractivity contribution in [3.63, 3.8) is 0 Å². The topological polar surface area (TPSA) is 61.4 Å². The predicted octanol–water partition coefficient (Wildman–Crippen LogP) is 1.23. The smallest absolute Gasteiger partial charge is 0.279 e. The van der Waals surface area contributed by atoms with Crippen LogP contribution < -0.4 is 10.0 Å². The van der Waals surface area contributed by atoms with Gasteiger partial charge in [0.1, 0.15) is 0 Å². The Morgan fingerprint density at radius 3 is 2.47 bits per heavy atom. The Morgan fingerprint density at radius 1 is 1.32 bits per heavy atom. The number of nitrogens with one attached hydrogen (secondary N) is 2. The van der Waals surface area contributed by atoms with E-state index in [1.165, 1.54) is 17.1 Å². The summed E-state index contributed by atoms with van der Waals surface area (Å²) in [5.74, 6) is 0. The van der Waals surface area contributed by atoms with Crippen molar-refractivity contribution in [1.82, 2.24) is 14.3 Å². The van der Waals surface area contributed by atoms with Crippen LogP contribution in [0.25, 0.3) is 0 Å². The molecule has 2 aliphatic rings. The van der Waals surface area contributed by atoms with Gasteiger partial charge in [0.15, 0.2) is 0 Å². The zero-order valence-corrected chi connectivity index (χ0v) is 12.9. The molecule has 19 heavy (non-hydrogen) atoms. The molecule has 0 amide bonds. The van der Waals surface area contributed by atoms with Crippen molar-refractivity contribution in [2.24, 2.45) is 0 Å². The maximum atomic E-state index is 12.2. The third kappa shape index (κ3) is 4.15. The van der Waals surface area contributed by atoms with Gasteiger partial charge in [0, 0.05) is 25.2 Å². The minimum absolute atomic E-state index is 0.167. The van der Waals surface area contributed by atoms with E-state index in [4.69, 9.17) is 0 Å². The molecule has 0 aromatic rings. The molecule has 0 saturated heterocycles. The fourth-order valence-corrected chi connectivity index (χ4v) is 3.92. The average Bonchev–Trinajstić information content (AvgIpc) is 3.13. The first-order chi connectivity index (χ1) is 8.97. The maximum absolute atomic E-state index is 12.2. The molecule has 112 valence electrons. The summed E-state index contributed by atoms with van der Waals surface area (Å²) in [6, 6.07) is 0.693. The van der Waals surface area contributed by atoms with Crippen molar-refractivity contribution in [3.8, 4) is 0 Å². The second-order valence-corrected chi connectivity index (χ2v) is 7.78. The molecule has 5 nitrogen and oxygen atoms in total. The summed E-state index contributed by atoms with van der Waals surface area (Å²) >= 11 is 0. The van der Waals surface area contributed by atoms with E-state index in [-0.39, 0.29) is 5.54 Å². The Bertz CT molecular complexity index is 383. The Hall–Kier alpha value is -0.170. The fraction of sp³-hybridized carbons (Fsp3) is 1.00. The van der Waals surface area contributed by atoms with E-state index >= 15 is 0 Å². The lowest BCUT2D eigenvalue weighted by molar-refractivity contribution is 0.209.